The summed E-state index contributed by atoms with van der Waals surface area (Å²) in [4.78, 5) is 26.6. The van der Waals surface area contributed by atoms with Crippen molar-refractivity contribution in [3.05, 3.63) is 46.1 Å². The highest BCUT2D eigenvalue weighted by Gasteiger charge is 2.21. The number of carbonyl (C=O) groups is 1. The fourth-order valence-electron chi connectivity index (χ4n) is 3.14. The van der Waals surface area contributed by atoms with E-state index in [2.05, 4.69) is 5.32 Å². The summed E-state index contributed by atoms with van der Waals surface area (Å²) in [5.74, 6) is -1.80. The maximum Gasteiger partial charge on any atom is 0.322 e. The molecule has 6 N–H and O–H groups in total. The van der Waals surface area contributed by atoms with E-state index in [0.717, 1.165) is 6.07 Å². The highest BCUT2D eigenvalue weighted by atomic mass is 16.4. The predicted molar refractivity (Wildman–Crippen MR) is 112 cm³/mol. The van der Waals surface area contributed by atoms with Crippen LogP contribution in [0, 0.1) is 6.92 Å². The molecular formula is C21H22N2O8. The van der Waals surface area contributed by atoms with Crippen molar-refractivity contribution in [2.75, 3.05) is 31.6 Å². The van der Waals surface area contributed by atoms with Gasteiger partial charge in [-0.3, -0.25) is 4.79 Å². The van der Waals surface area contributed by atoms with E-state index in [9.17, 15) is 24.9 Å². The predicted octanol–water partition coefficient (Wildman–Crippen LogP) is 1.70. The van der Waals surface area contributed by atoms with Crippen LogP contribution in [0.25, 0.3) is 22.3 Å². The monoisotopic (exact) mass is 430 g/mol. The van der Waals surface area contributed by atoms with Crippen molar-refractivity contribution >= 4 is 22.7 Å². The van der Waals surface area contributed by atoms with Crippen LogP contribution in [0.15, 0.2) is 39.5 Å². The molecule has 2 amide bonds. The van der Waals surface area contributed by atoms with E-state index in [1.165, 1.54) is 23.1 Å². The molecule has 0 aliphatic heterocycles. The number of nitrogens with one attached hydrogen (secondary N) is 1. The molecule has 1 heterocycles. The van der Waals surface area contributed by atoms with Gasteiger partial charge in [0.2, 0.25) is 11.2 Å². The van der Waals surface area contributed by atoms with Crippen molar-refractivity contribution in [3.63, 3.8) is 0 Å². The fraction of sp³-hybridized carbons (Fsp3) is 0.238. The molecule has 0 saturated carbocycles. The average molecular weight is 430 g/mol. The van der Waals surface area contributed by atoms with Gasteiger partial charge in [-0.2, -0.15) is 0 Å². The van der Waals surface area contributed by atoms with Gasteiger partial charge in [0.25, 0.3) is 0 Å². The lowest BCUT2D eigenvalue weighted by Crippen LogP contribution is -2.39. The van der Waals surface area contributed by atoms with E-state index in [-0.39, 0.29) is 60.0 Å². The molecule has 164 valence electrons. The van der Waals surface area contributed by atoms with Crippen molar-refractivity contribution in [1.82, 2.24) is 4.90 Å². The Morgan fingerprint density at radius 1 is 1.03 bits per heavy atom. The number of benzene rings is 2. The molecule has 0 atom stereocenters. The maximum absolute atomic E-state index is 12.8. The quantitative estimate of drug-likeness (QED) is 0.322. The van der Waals surface area contributed by atoms with Crippen molar-refractivity contribution in [2.45, 2.75) is 6.92 Å². The third kappa shape index (κ3) is 4.39. The van der Waals surface area contributed by atoms with Gasteiger partial charge in [0.15, 0.2) is 22.8 Å². The number of hydrogen-bond donors (Lipinski definition) is 6. The lowest BCUT2D eigenvalue weighted by Gasteiger charge is -2.21. The van der Waals surface area contributed by atoms with Gasteiger partial charge >= 0.3 is 6.03 Å². The first-order chi connectivity index (χ1) is 14.8. The summed E-state index contributed by atoms with van der Waals surface area (Å²) in [6, 6.07) is 6.07. The molecule has 0 unspecified atom stereocenters. The molecule has 0 bridgehead atoms. The second-order valence-corrected chi connectivity index (χ2v) is 6.87. The summed E-state index contributed by atoms with van der Waals surface area (Å²) in [6.45, 7) is 1.05. The summed E-state index contributed by atoms with van der Waals surface area (Å²) in [5.41, 5.74) is 0.123. The lowest BCUT2D eigenvalue weighted by atomic mass is 10.1. The zero-order valence-corrected chi connectivity index (χ0v) is 16.6. The number of aliphatic hydroxyl groups is 2. The number of nitrogens with zero attached hydrogens (tertiary/aromatic N) is 1. The molecule has 0 aliphatic rings. The molecule has 0 fully saturated rings. The van der Waals surface area contributed by atoms with Crippen LogP contribution in [0.5, 0.6) is 17.2 Å². The van der Waals surface area contributed by atoms with Crippen LogP contribution in [0.2, 0.25) is 0 Å². The molecule has 0 spiro atoms. The van der Waals surface area contributed by atoms with Gasteiger partial charge in [-0.15, -0.1) is 0 Å². The second kappa shape index (κ2) is 8.94. The van der Waals surface area contributed by atoms with E-state index >= 15 is 0 Å². The van der Waals surface area contributed by atoms with E-state index in [1.54, 1.807) is 13.0 Å². The molecular weight excluding hydrogens is 408 g/mol. The number of fused-ring (bicyclic) bond motifs is 1. The van der Waals surface area contributed by atoms with Gasteiger partial charge in [0, 0.05) is 18.7 Å². The molecule has 0 saturated heterocycles. The number of aryl methyl sites for hydroxylation is 1. The number of carbonyl (C=O) groups excluding carboxylic acids is 1. The molecule has 2 aromatic carbocycles. The minimum atomic E-state index is -0.745. The molecule has 10 heteroatoms. The van der Waals surface area contributed by atoms with Crippen molar-refractivity contribution in [2.24, 2.45) is 0 Å². The first kappa shape index (κ1) is 21.9. The highest BCUT2D eigenvalue weighted by molar-refractivity contribution is 6.00. The van der Waals surface area contributed by atoms with Gasteiger partial charge < -0.3 is 40.2 Å². The smallest absolute Gasteiger partial charge is 0.322 e. The largest absolute Gasteiger partial charge is 0.504 e. The summed E-state index contributed by atoms with van der Waals surface area (Å²) < 4.78 is 5.77. The summed E-state index contributed by atoms with van der Waals surface area (Å²) >= 11 is 0. The van der Waals surface area contributed by atoms with Crippen LogP contribution >= 0.6 is 0 Å². The summed E-state index contributed by atoms with van der Waals surface area (Å²) in [5, 5.41) is 50.6. The number of aromatic hydroxyl groups is 3. The van der Waals surface area contributed by atoms with Gasteiger partial charge in [-0.25, -0.2) is 4.79 Å². The number of phenolic OH excluding ortho intramolecular Hbond substituents is 2. The first-order valence-corrected chi connectivity index (χ1v) is 9.37. The highest BCUT2D eigenvalue weighted by Crippen LogP contribution is 2.37. The Kier molecular flexibility index (Phi) is 6.33. The number of aliphatic hydroxyl groups excluding tert-OH is 2. The van der Waals surface area contributed by atoms with Gasteiger partial charge in [0.1, 0.15) is 0 Å². The van der Waals surface area contributed by atoms with Crippen molar-refractivity contribution in [3.8, 4) is 28.6 Å². The normalized spacial score (nSPS) is 10.9. The minimum absolute atomic E-state index is 0.0150. The van der Waals surface area contributed by atoms with Crippen LogP contribution in [0.4, 0.5) is 10.5 Å². The van der Waals surface area contributed by atoms with E-state index in [1.807, 2.05) is 0 Å². The molecule has 10 nitrogen and oxygen atoms in total. The average Bonchev–Trinajstić information content (AvgIpc) is 2.73. The van der Waals surface area contributed by atoms with Crippen LogP contribution in [-0.2, 0) is 0 Å². The number of amides is 2. The summed E-state index contributed by atoms with van der Waals surface area (Å²) in [7, 11) is 0. The fourth-order valence-corrected chi connectivity index (χ4v) is 3.14. The number of rotatable bonds is 6. The maximum atomic E-state index is 12.8. The van der Waals surface area contributed by atoms with Crippen molar-refractivity contribution < 1.29 is 34.7 Å². The van der Waals surface area contributed by atoms with E-state index in [4.69, 9.17) is 14.6 Å². The molecule has 3 aromatic rings. The lowest BCUT2D eigenvalue weighted by molar-refractivity contribution is 0.167. The minimum Gasteiger partial charge on any atom is -0.504 e. The van der Waals surface area contributed by atoms with Crippen LogP contribution in [0.3, 0.4) is 0 Å². The van der Waals surface area contributed by atoms with Crippen LogP contribution < -0.4 is 10.7 Å². The zero-order chi connectivity index (χ0) is 22.7. The Bertz CT molecular complexity index is 1180. The molecule has 3 rings (SSSR count). The van der Waals surface area contributed by atoms with E-state index < -0.39 is 23.0 Å². The Labute approximate surface area is 176 Å². The number of phenols is 2. The Morgan fingerprint density at radius 2 is 1.71 bits per heavy atom. The SMILES string of the molecule is Cc1cc(NC(=O)N(CCO)CCO)c2oc(-c3ccc(O)c(O)c3)c(O)c(=O)c2c1. The zero-order valence-electron chi connectivity index (χ0n) is 16.6. The topological polar surface area (TPSA) is 164 Å². The summed E-state index contributed by atoms with van der Waals surface area (Å²) in [6.07, 6.45) is 0. The third-order valence-electron chi connectivity index (χ3n) is 4.62. The standard InChI is InChI=1S/C21H22N2O8/c1-11-8-13-17(28)18(29)19(12-2-3-15(26)16(27)10-12)31-20(13)14(9-11)22-21(30)23(4-6-24)5-7-25/h2-3,8-10,24-27,29H,4-7H2,1H3,(H,22,30). The molecule has 1 aromatic heterocycles. The Balaban J connectivity index is 2.16. The third-order valence-corrected chi connectivity index (χ3v) is 4.62. The van der Waals surface area contributed by atoms with Gasteiger partial charge in [-0.1, -0.05) is 0 Å². The molecule has 0 aliphatic carbocycles. The Hall–Kier alpha value is -3.76. The Morgan fingerprint density at radius 3 is 2.32 bits per heavy atom. The van der Waals surface area contributed by atoms with Gasteiger partial charge in [-0.05, 0) is 42.8 Å². The van der Waals surface area contributed by atoms with Crippen LogP contribution in [-0.4, -0.2) is 62.8 Å². The number of urea groups is 1. The first-order valence-electron chi connectivity index (χ1n) is 9.37. The van der Waals surface area contributed by atoms with Gasteiger partial charge in [0.05, 0.1) is 24.3 Å². The second-order valence-electron chi connectivity index (χ2n) is 6.87. The van der Waals surface area contributed by atoms with Crippen molar-refractivity contribution in [1.29, 1.82) is 0 Å². The van der Waals surface area contributed by atoms with Crippen LogP contribution in [0.1, 0.15) is 5.56 Å². The molecule has 31 heavy (non-hydrogen) atoms. The number of anilines is 1. The molecule has 0 radical (unpaired) electrons. The van der Waals surface area contributed by atoms with E-state index in [0.29, 0.717) is 5.56 Å². The number of hydrogen-bond acceptors (Lipinski definition) is 8.